The number of anilines is 1. The van der Waals surface area contributed by atoms with Crippen molar-refractivity contribution >= 4 is 5.69 Å². The van der Waals surface area contributed by atoms with E-state index >= 15 is 0 Å². The van der Waals surface area contributed by atoms with Gasteiger partial charge in [0.2, 0.25) is 0 Å². The second kappa shape index (κ2) is 12.3. The Morgan fingerprint density at radius 1 is 1.08 bits per heavy atom. The zero-order valence-corrected chi connectivity index (χ0v) is 22.4. The van der Waals surface area contributed by atoms with E-state index < -0.39 is 5.60 Å². The molecule has 6 heteroatoms. The summed E-state index contributed by atoms with van der Waals surface area (Å²) in [6.45, 7) is 7.73. The lowest BCUT2D eigenvalue weighted by Crippen LogP contribution is -2.34. The summed E-state index contributed by atoms with van der Waals surface area (Å²) in [5.74, 6) is 2.60. The monoisotopic (exact) mass is 497 g/mol. The highest BCUT2D eigenvalue weighted by molar-refractivity contribution is 5.61. The van der Waals surface area contributed by atoms with E-state index in [0.717, 1.165) is 69.0 Å². The van der Waals surface area contributed by atoms with Crippen molar-refractivity contribution in [2.45, 2.75) is 70.2 Å². The van der Waals surface area contributed by atoms with E-state index in [1.807, 2.05) is 26.0 Å². The van der Waals surface area contributed by atoms with Crippen LogP contribution in [0.2, 0.25) is 0 Å². The maximum atomic E-state index is 10.4. The van der Waals surface area contributed by atoms with Crippen molar-refractivity contribution in [3.8, 4) is 11.5 Å². The number of fused-ring (bicyclic) bond motifs is 1. The summed E-state index contributed by atoms with van der Waals surface area (Å²) in [4.78, 5) is 2.39. The first-order chi connectivity index (χ1) is 17.4. The highest BCUT2D eigenvalue weighted by Gasteiger charge is 2.34. The molecule has 0 bridgehead atoms. The lowest BCUT2D eigenvalue weighted by molar-refractivity contribution is -0.0225. The number of aliphatic hydroxyl groups is 1. The number of hydrogen-bond acceptors (Lipinski definition) is 6. The molecule has 1 aliphatic carbocycles. The molecule has 1 heterocycles. The van der Waals surface area contributed by atoms with Gasteiger partial charge in [0.1, 0.15) is 18.1 Å². The highest BCUT2D eigenvalue weighted by atomic mass is 16.5. The Bertz CT molecular complexity index is 955. The van der Waals surface area contributed by atoms with Gasteiger partial charge in [0.05, 0.1) is 37.7 Å². The zero-order valence-electron chi connectivity index (χ0n) is 22.4. The van der Waals surface area contributed by atoms with Crippen molar-refractivity contribution in [2.75, 3.05) is 45.4 Å². The third-order valence-electron chi connectivity index (χ3n) is 7.45. The van der Waals surface area contributed by atoms with E-state index in [4.69, 9.17) is 18.9 Å². The molecule has 1 aliphatic heterocycles. The standard InChI is InChI=1S/C30H43NO5/c1-30(2,32)20-22-6-12-28(26(18-22)24-8-10-25(34-4)11-9-24)36-21-23-7-13-29-27(19-23)31(15-17-35-29)14-5-16-33-3/h7-11,13,19,22,26,28,32H,5-6,12,14-18,20-21H2,1-4H3/t22-,26+,28-/m0/s1. The SMILES string of the molecule is COCCCN1CCOc2ccc(CO[C@H]3CC[C@H](CC(C)(C)O)C[C@@H]3c3ccc(OC)cc3)cc21. The van der Waals surface area contributed by atoms with Crippen LogP contribution in [0.1, 0.15) is 63.0 Å². The molecular weight excluding hydrogens is 454 g/mol. The summed E-state index contributed by atoms with van der Waals surface area (Å²) >= 11 is 0. The van der Waals surface area contributed by atoms with Crippen molar-refractivity contribution in [1.29, 1.82) is 0 Å². The van der Waals surface area contributed by atoms with Gasteiger partial charge in [0, 0.05) is 26.2 Å². The largest absolute Gasteiger partial charge is 0.497 e. The third kappa shape index (κ3) is 7.15. The molecule has 0 saturated heterocycles. The summed E-state index contributed by atoms with van der Waals surface area (Å²) in [6.07, 6.45) is 5.04. The second-order valence-corrected chi connectivity index (χ2v) is 10.9. The normalized spacial score (nSPS) is 22.1. The van der Waals surface area contributed by atoms with Crippen LogP contribution in [-0.2, 0) is 16.1 Å². The fourth-order valence-electron chi connectivity index (χ4n) is 5.77. The van der Waals surface area contributed by atoms with Crippen LogP contribution in [-0.4, -0.2) is 57.3 Å². The molecular formula is C30H43NO5. The van der Waals surface area contributed by atoms with Crippen LogP contribution < -0.4 is 14.4 Å². The molecule has 4 rings (SSSR count). The lowest BCUT2D eigenvalue weighted by atomic mass is 9.73. The van der Waals surface area contributed by atoms with Gasteiger partial charge in [0.25, 0.3) is 0 Å². The zero-order chi connectivity index (χ0) is 25.5. The summed E-state index contributed by atoms with van der Waals surface area (Å²) in [6, 6.07) is 14.8. The van der Waals surface area contributed by atoms with E-state index in [-0.39, 0.29) is 6.10 Å². The van der Waals surface area contributed by atoms with Crippen LogP contribution in [0.5, 0.6) is 11.5 Å². The predicted octanol–water partition coefficient (Wildman–Crippen LogP) is 5.56. The van der Waals surface area contributed by atoms with Gasteiger partial charge in [-0.25, -0.2) is 0 Å². The Morgan fingerprint density at radius 2 is 1.89 bits per heavy atom. The molecule has 0 spiro atoms. The summed E-state index contributed by atoms with van der Waals surface area (Å²) in [5, 5.41) is 10.4. The topological polar surface area (TPSA) is 60.4 Å². The molecule has 0 unspecified atom stereocenters. The number of rotatable bonds is 11. The van der Waals surface area contributed by atoms with Crippen LogP contribution in [0.3, 0.4) is 0 Å². The van der Waals surface area contributed by atoms with Gasteiger partial charge in [-0.2, -0.15) is 0 Å². The molecule has 2 aromatic rings. The lowest BCUT2D eigenvalue weighted by Gasteiger charge is -2.38. The van der Waals surface area contributed by atoms with Crippen molar-refractivity contribution < 1.29 is 24.1 Å². The molecule has 198 valence electrons. The quantitative estimate of drug-likeness (QED) is 0.410. The first kappa shape index (κ1) is 26.8. The smallest absolute Gasteiger partial charge is 0.142 e. The minimum Gasteiger partial charge on any atom is -0.497 e. The van der Waals surface area contributed by atoms with Gasteiger partial charge in [-0.15, -0.1) is 0 Å². The Hall–Kier alpha value is -2.28. The number of benzene rings is 2. The van der Waals surface area contributed by atoms with Crippen LogP contribution in [0.4, 0.5) is 5.69 Å². The Labute approximate surface area is 216 Å². The van der Waals surface area contributed by atoms with E-state index in [0.29, 0.717) is 25.0 Å². The minimum atomic E-state index is -0.650. The maximum absolute atomic E-state index is 10.4. The van der Waals surface area contributed by atoms with Crippen molar-refractivity contribution in [3.05, 3.63) is 53.6 Å². The molecule has 36 heavy (non-hydrogen) atoms. The number of hydrogen-bond donors (Lipinski definition) is 1. The third-order valence-corrected chi connectivity index (χ3v) is 7.45. The number of nitrogens with zero attached hydrogens (tertiary/aromatic N) is 1. The van der Waals surface area contributed by atoms with Crippen LogP contribution in [0.15, 0.2) is 42.5 Å². The molecule has 1 fully saturated rings. The molecule has 0 aromatic heterocycles. The Kier molecular flexibility index (Phi) is 9.15. The molecule has 0 radical (unpaired) electrons. The molecule has 3 atom stereocenters. The van der Waals surface area contributed by atoms with E-state index in [2.05, 4.69) is 35.2 Å². The number of methoxy groups -OCH3 is 2. The average Bonchev–Trinajstić information content (AvgIpc) is 2.87. The minimum absolute atomic E-state index is 0.140. The molecule has 2 aliphatic rings. The Balaban J connectivity index is 1.46. The van der Waals surface area contributed by atoms with Crippen LogP contribution in [0, 0.1) is 5.92 Å². The highest BCUT2D eigenvalue weighted by Crippen LogP contribution is 2.42. The van der Waals surface area contributed by atoms with Gasteiger partial charge in [-0.05, 0) is 87.3 Å². The fraction of sp³-hybridized carbons (Fsp3) is 0.600. The molecule has 2 aromatic carbocycles. The van der Waals surface area contributed by atoms with Gasteiger partial charge < -0.3 is 29.0 Å². The average molecular weight is 498 g/mol. The first-order valence-electron chi connectivity index (χ1n) is 13.3. The van der Waals surface area contributed by atoms with E-state index in [1.54, 1.807) is 14.2 Å². The predicted molar refractivity (Wildman–Crippen MR) is 143 cm³/mol. The number of ether oxygens (including phenoxy) is 4. The first-order valence-corrected chi connectivity index (χ1v) is 13.3. The maximum Gasteiger partial charge on any atom is 0.142 e. The summed E-state index contributed by atoms with van der Waals surface area (Å²) in [7, 11) is 3.45. The van der Waals surface area contributed by atoms with Crippen LogP contribution >= 0.6 is 0 Å². The van der Waals surface area contributed by atoms with Gasteiger partial charge >= 0.3 is 0 Å². The van der Waals surface area contributed by atoms with Crippen molar-refractivity contribution in [3.63, 3.8) is 0 Å². The van der Waals surface area contributed by atoms with Crippen molar-refractivity contribution in [1.82, 2.24) is 0 Å². The van der Waals surface area contributed by atoms with Gasteiger partial charge in [-0.1, -0.05) is 18.2 Å². The molecule has 6 nitrogen and oxygen atoms in total. The molecule has 0 amide bonds. The van der Waals surface area contributed by atoms with Gasteiger partial charge in [-0.3, -0.25) is 0 Å². The fourth-order valence-corrected chi connectivity index (χ4v) is 5.77. The van der Waals surface area contributed by atoms with Crippen molar-refractivity contribution in [2.24, 2.45) is 5.92 Å². The summed E-state index contributed by atoms with van der Waals surface area (Å²) < 4.78 is 23.2. The summed E-state index contributed by atoms with van der Waals surface area (Å²) in [5.41, 5.74) is 2.95. The van der Waals surface area contributed by atoms with E-state index in [1.165, 1.54) is 11.1 Å². The van der Waals surface area contributed by atoms with E-state index in [9.17, 15) is 5.11 Å². The Morgan fingerprint density at radius 3 is 2.61 bits per heavy atom. The van der Waals surface area contributed by atoms with Gasteiger partial charge in [0.15, 0.2) is 0 Å². The van der Waals surface area contributed by atoms with Crippen LogP contribution in [0.25, 0.3) is 0 Å². The molecule has 1 saturated carbocycles. The molecule has 1 N–H and O–H groups in total. The second-order valence-electron chi connectivity index (χ2n) is 10.9.